The van der Waals surface area contributed by atoms with Crippen molar-refractivity contribution >= 4 is 22.1 Å². The lowest BCUT2D eigenvalue weighted by Gasteiger charge is -2.38. The van der Waals surface area contributed by atoms with Crippen molar-refractivity contribution in [2.24, 2.45) is 23.7 Å². The average Bonchev–Trinajstić information content (AvgIpc) is 3.20. The number of aliphatic hydroxyl groups is 1. The normalized spacial score (nSPS) is 34.2. The van der Waals surface area contributed by atoms with E-state index in [2.05, 4.69) is 4.74 Å². The van der Waals surface area contributed by atoms with Crippen LogP contribution in [0.1, 0.15) is 26.7 Å². The third kappa shape index (κ3) is 3.92. The van der Waals surface area contributed by atoms with Crippen LogP contribution in [-0.4, -0.2) is 72.5 Å². The van der Waals surface area contributed by atoms with Gasteiger partial charge in [-0.05, 0) is 26.2 Å². The predicted octanol–water partition coefficient (Wildman–Crippen LogP) is 0.359. The van der Waals surface area contributed by atoms with E-state index in [0.717, 1.165) is 0 Å². The molecule has 0 aromatic carbocycles. The van der Waals surface area contributed by atoms with Gasteiger partial charge < -0.3 is 23.9 Å². The van der Waals surface area contributed by atoms with Crippen molar-refractivity contribution in [1.29, 1.82) is 0 Å². The maximum absolute atomic E-state index is 13.3. The molecule has 1 aliphatic heterocycles. The van der Waals surface area contributed by atoms with Crippen LogP contribution in [0.4, 0.5) is 13.2 Å². The van der Waals surface area contributed by atoms with Crippen molar-refractivity contribution in [3.05, 3.63) is 0 Å². The van der Waals surface area contributed by atoms with Crippen LogP contribution in [0.25, 0.3) is 0 Å². The van der Waals surface area contributed by atoms with E-state index < -0.39 is 82.8 Å². The van der Waals surface area contributed by atoms with Gasteiger partial charge in [0.15, 0.2) is 16.3 Å². The summed E-state index contributed by atoms with van der Waals surface area (Å²) in [4.78, 5) is 23.9. The molecule has 0 amide bonds. The summed E-state index contributed by atoms with van der Waals surface area (Å²) in [5.74, 6) is -2.68. The van der Waals surface area contributed by atoms with Crippen LogP contribution in [0.5, 0.6) is 0 Å². The van der Waals surface area contributed by atoms with Crippen LogP contribution >= 0.6 is 0 Å². The first kappa shape index (κ1) is 23.2. The first-order chi connectivity index (χ1) is 13.7. The minimum Gasteiger partial charge on any atom is -0.743 e. The van der Waals surface area contributed by atoms with Crippen molar-refractivity contribution in [3.63, 3.8) is 0 Å². The molecule has 1 heterocycles. The van der Waals surface area contributed by atoms with Crippen molar-refractivity contribution in [2.75, 3.05) is 13.2 Å². The lowest BCUT2D eigenvalue weighted by atomic mass is 9.71. The van der Waals surface area contributed by atoms with Crippen molar-refractivity contribution < 1.29 is 55.0 Å². The average molecular weight is 459 g/mol. The quantitative estimate of drug-likeness (QED) is 0.382. The van der Waals surface area contributed by atoms with Gasteiger partial charge in [0, 0.05) is 18.3 Å². The molecule has 3 rings (SSSR count). The Morgan fingerprint density at radius 2 is 2.00 bits per heavy atom. The Morgan fingerprint density at radius 1 is 1.37 bits per heavy atom. The van der Waals surface area contributed by atoms with Gasteiger partial charge in [-0.25, -0.2) is 17.6 Å². The lowest BCUT2D eigenvalue weighted by molar-refractivity contribution is -0.159. The molecule has 3 fully saturated rings. The predicted molar refractivity (Wildman–Crippen MR) is 89.6 cm³/mol. The van der Waals surface area contributed by atoms with Gasteiger partial charge in [-0.1, -0.05) is 0 Å². The topological polar surface area (TPSA) is 139 Å². The smallest absolute Gasteiger partial charge is 0.364 e. The summed E-state index contributed by atoms with van der Waals surface area (Å²) in [5, 5.41) is 5.32. The van der Waals surface area contributed by atoms with Crippen LogP contribution in [0, 0.1) is 23.7 Å². The molecule has 2 saturated carbocycles. The Kier molecular flexibility index (Phi) is 5.89. The van der Waals surface area contributed by atoms with Crippen LogP contribution < -0.4 is 0 Å². The van der Waals surface area contributed by atoms with Crippen LogP contribution in [0.2, 0.25) is 0 Å². The Bertz CT molecular complexity index is 810. The highest BCUT2D eigenvalue weighted by molar-refractivity contribution is 7.86. The summed E-state index contributed by atoms with van der Waals surface area (Å²) in [6.07, 6.45) is -5.17. The highest BCUT2D eigenvalue weighted by atomic mass is 32.2. The highest BCUT2D eigenvalue weighted by Gasteiger charge is 2.69. The lowest BCUT2D eigenvalue weighted by Crippen LogP contribution is -2.48. The first-order valence-electron chi connectivity index (χ1n) is 9.33. The van der Waals surface area contributed by atoms with Gasteiger partial charge in [0.25, 0.3) is 0 Å². The number of hydrogen-bond donors (Lipinski definition) is 1. The molecule has 172 valence electrons. The Balaban J connectivity index is 1.51. The molecule has 0 radical (unpaired) electrons. The van der Waals surface area contributed by atoms with Crippen molar-refractivity contribution in [2.45, 2.75) is 55.9 Å². The van der Waals surface area contributed by atoms with E-state index in [9.17, 15) is 40.8 Å². The maximum Gasteiger partial charge on any atom is 0.364 e. The van der Waals surface area contributed by atoms with Crippen LogP contribution in [0.3, 0.4) is 0 Å². The van der Waals surface area contributed by atoms with E-state index in [0.29, 0.717) is 6.42 Å². The van der Waals surface area contributed by atoms with Gasteiger partial charge in [0.05, 0.1) is 24.2 Å². The Hall–Kier alpha value is -1.44. The summed E-state index contributed by atoms with van der Waals surface area (Å²) in [7, 11) is -6.19. The van der Waals surface area contributed by atoms with E-state index in [1.54, 1.807) is 13.8 Å². The van der Waals surface area contributed by atoms with Crippen molar-refractivity contribution in [3.8, 4) is 0 Å². The molecule has 2 bridgehead atoms. The fourth-order valence-electron chi connectivity index (χ4n) is 4.98. The molecular formula is C17H22F3O9S-. The number of halogens is 3. The van der Waals surface area contributed by atoms with E-state index in [1.807, 2.05) is 0 Å². The molecule has 1 saturated heterocycles. The van der Waals surface area contributed by atoms with Gasteiger partial charge in [-0.3, -0.25) is 4.79 Å². The Labute approximate surface area is 170 Å². The van der Waals surface area contributed by atoms with E-state index in [4.69, 9.17) is 9.47 Å². The molecule has 0 spiro atoms. The standard InChI is InChI=1S/C17H23F3O9S/c1-16(2,23)12-8-5-7-11(12)15(22)29-14(7)13(8)28-6-10(21)27-4-3-9(18)17(19,20)30(24,25)26/h7-9,11-14,23H,3-6H2,1-2H3,(H,24,25,26)/p-1. The molecule has 3 aliphatic rings. The van der Waals surface area contributed by atoms with Gasteiger partial charge >= 0.3 is 17.2 Å². The van der Waals surface area contributed by atoms with Crippen LogP contribution in [-0.2, 0) is 33.9 Å². The monoisotopic (exact) mass is 459 g/mol. The summed E-state index contributed by atoms with van der Waals surface area (Å²) in [5.41, 5.74) is -1.18. The van der Waals surface area contributed by atoms with E-state index in [-0.39, 0.29) is 11.8 Å². The zero-order valence-corrected chi connectivity index (χ0v) is 16.9. The number of ether oxygens (including phenoxy) is 3. The summed E-state index contributed by atoms with van der Waals surface area (Å²) >= 11 is 0. The van der Waals surface area contributed by atoms with Crippen LogP contribution in [0.15, 0.2) is 0 Å². The van der Waals surface area contributed by atoms with Gasteiger partial charge in [0.1, 0.15) is 12.7 Å². The second-order valence-corrected chi connectivity index (χ2v) is 9.89. The molecule has 0 aromatic heterocycles. The molecule has 0 aromatic rings. The fourth-order valence-corrected chi connectivity index (χ4v) is 5.41. The molecule has 13 heteroatoms. The fraction of sp³-hybridized carbons (Fsp3) is 0.882. The van der Waals surface area contributed by atoms with Gasteiger partial charge in [-0.2, -0.15) is 8.78 Å². The third-order valence-electron chi connectivity index (χ3n) is 6.09. The number of carbonyl (C=O) groups excluding carboxylic acids is 2. The first-order valence-corrected chi connectivity index (χ1v) is 10.7. The second-order valence-electron chi connectivity index (χ2n) is 8.44. The molecular weight excluding hydrogens is 437 g/mol. The number of esters is 2. The van der Waals surface area contributed by atoms with Crippen molar-refractivity contribution in [1.82, 2.24) is 0 Å². The molecule has 1 N–H and O–H groups in total. The number of hydrogen-bond acceptors (Lipinski definition) is 9. The highest BCUT2D eigenvalue weighted by Crippen LogP contribution is 2.61. The molecule has 30 heavy (non-hydrogen) atoms. The molecule has 2 aliphatic carbocycles. The summed E-state index contributed by atoms with van der Waals surface area (Å²) in [6, 6.07) is 0. The van der Waals surface area contributed by atoms with E-state index in [1.165, 1.54) is 0 Å². The number of rotatable bonds is 9. The zero-order chi connectivity index (χ0) is 22.6. The summed E-state index contributed by atoms with van der Waals surface area (Å²) < 4.78 is 85.9. The maximum atomic E-state index is 13.3. The summed E-state index contributed by atoms with van der Waals surface area (Å²) in [6.45, 7) is 1.63. The molecule has 7 unspecified atom stereocenters. The number of alkyl halides is 3. The molecule has 9 nitrogen and oxygen atoms in total. The SMILES string of the molecule is CC(C)(O)C1C2CC3C(OC(=O)C31)C2OCC(=O)OCCC(F)C(F)(F)S(=O)(=O)[O-]. The zero-order valence-electron chi connectivity index (χ0n) is 16.1. The number of fused-ring (bicyclic) bond motifs is 1. The Morgan fingerprint density at radius 3 is 2.57 bits per heavy atom. The minimum atomic E-state index is -6.19. The largest absolute Gasteiger partial charge is 0.743 e. The molecule has 7 atom stereocenters. The second kappa shape index (κ2) is 7.61. The number of carbonyl (C=O) groups is 2. The van der Waals surface area contributed by atoms with Gasteiger partial charge in [0.2, 0.25) is 0 Å². The third-order valence-corrected chi connectivity index (χ3v) is 7.01. The van der Waals surface area contributed by atoms with Gasteiger partial charge in [-0.15, -0.1) is 0 Å². The van der Waals surface area contributed by atoms with E-state index >= 15 is 0 Å². The minimum absolute atomic E-state index is 0.136.